The minimum Gasteiger partial charge on any atom is -0.337 e. The van der Waals surface area contributed by atoms with Crippen LogP contribution in [0, 0.1) is 5.41 Å². The van der Waals surface area contributed by atoms with Gasteiger partial charge in [-0.05, 0) is 18.1 Å². The lowest BCUT2D eigenvalue weighted by Crippen LogP contribution is -2.43. The van der Waals surface area contributed by atoms with Crippen LogP contribution in [0.3, 0.4) is 0 Å². The monoisotopic (exact) mass is 406 g/mol. The standard InChI is InChI=1S/C21H22N6O3/c1-24-16(7-9-22-24)18(28)25-10-8-21(13-25)11-17-23-27(12-15-5-3-2-4-6-15)20(30)19(29)26(17)14-21/h2-7,9H,8,10-14H2,1H3/t21-/m1/s1. The SMILES string of the molecule is Cn1nccc1C(=O)N1CC[C@@]2(Cc3nn(Cc4ccccc4)c(=O)c(=O)n3C2)C1. The van der Waals surface area contributed by atoms with E-state index in [0.717, 1.165) is 12.0 Å². The van der Waals surface area contributed by atoms with Crippen molar-refractivity contribution in [2.45, 2.75) is 25.9 Å². The zero-order valence-corrected chi connectivity index (χ0v) is 16.7. The fourth-order valence-electron chi connectivity index (χ4n) is 4.59. The first-order valence-corrected chi connectivity index (χ1v) is 9.98. The summed E-state index contributed by atoms with van der Waals surface area (Å²) < 4.78 is 4.33. The summed E-state index contributed by atoms with van der Waals surface area (Å²) in [4.78, 5) is 40.0. The van der Waals surface area contributed by atoms with Crippen molar-refractivity contribution in [3.63, 3.8) is 0 Å². The van der Waals surface area contributed by atoms with Crippen LogP contribution in [0.25, 0.3) is 0 Å². The molecule has 5 rings (SSSR count). The summed E-state index contributed by atoms with van der Waals surface area (Å²) in [7, 11) is 1.75. The Hall–Kier alpha value is -3.49. The number of nitrogens with zero attached hydrogens (tertiary/aromatic N) is 6. The van der Waals surface area contributed by atoms with E-state index < -0.39 is 11.1 Å². The van der Waals surface area contributed by atoms with Gasteiger partial charge in [0.2, 0.25) is 0 Å². The van der Waals surface area contributed by atoms with E-state index >= 15 is 0 Å². The Bertz CT molecular complexity index is 1240. The second-order valence-corrected chi connectivity index (χ2v) is 8.25. The summed E-state index contributed by atoms with van der Waals surface area (Å²) >= 11 is 0. The van der Waals surface area contributed by atoms with Gasteiger partial charge in [0.15, 0.2) is 0 Å². The number of rotatable bonds is 3. The first-order valence-electron chi connectivity index (χ1n) is 9.98. The maximum atomic E-state index is 12.8. The van der Waals surface area contributed by atoms with Gasteiger partial charge < -0.3 is 4.90 Å². The molecule has 2 aromatic heterocycles. The number of amides is 1. The Morgan fingerprint density at radius 3 is 2.63 bits per heavy atom. The number of carbonyl (C=O) groups is 1. The highest BCUT2D eigenvalue weighted by Crippen LogP contribution is 2.39. The molecule has 1 saturated heterocycles. The molecule has 9 heteroatoms. The zero-order chi connectivity index (χ0) is 20.9. The predicted octanol–water partition coefficient (Wildman–Crippen LogP) is 0.275. The van der Waals surface area contributed by atoms with Crippen LogP contribution in [-0.4, -0.2) is 48.0 Å². The Kier molecular flexibility index (Phi) is 4.19. The second-order valence-electron chi connectivity index (χ2n) is 8.25. The van der Waals surface area contributed by atoms with Gasteiger partial charge in [-0.3, -0.25) is 23.6 Å². The lowest BCUT2D eigenvalue weighted by Gasteiger charge is -2.22. The fourth-order valence-corrected chi connectivity index (χ4v) is 4.59. The second kappa shape index (κ2) is 6.79. The number of likely N-dealkylation sites (tertiary alicyclic amines) is 1. The number of aryl methyl sites for hydroxylation is 1. The van der Waals surface area contributed by atoms with Gasteiger partial charge in [-0.15, -0.1) is 0 Å². The van der Waals surface area contributed by atoms with Crippen molar-refractivity contribution in [3.8, 4) is 0 Å². The molecule has 2 aliphatic rings. The van der Waals surface area contributed by atoms with E-state index in [0.29, 0.717) is 37.6 Å². The van der Waals surface area contributed by atoms with Crippen molar-refractivity contribution in [2.24, 2.45) is 12.5 Å². The molecule has 30 heavy (non-hydrogen) atoms. The highest BCUT2D eigenvalue weighted by molar-refractivity contribution is 5.92. The number of aromatic nitrogens is 5. The van der Waals surface area contributed by atoms with Crippen molar-refractivity contribution in [1.29, 1.82) is 0 Å². The van der Waals surface area contributed by atoms with E-state index in [-0.39, 0.29) is 17.9 Å². The molecule has 1 amide bonds. The highest BCUT2D eigenvalue weighted by atomic mass is 16.2. The maximum Gasteiger partial charge on any atom is 0.332 e. The van der Waals surface area contributed by atoms with Crippen molar-refractivity contribution in [3.05, 3.63) is 80.4 Å². The summed E-state index contributed by atoms with van der Waals surface area (Å²) in [6.45, 7) is 1.83. The molecule has 1 spiro atoms. The Labute approximate surface area is 172 Å². The first kappa shape index (κ1) is 18.5. The van der Waals surface area contributed by atoms with Gasteiger partial charge in [0.25, 0.3) is 5.91 Å². The molecule has 1 fully saturated rings. The third kappa shape index (κ3) is 2.97. The normalized spacial score (nSPS) is 20.1. The average molecular weight is 406 g/mol. The average Bonchev–Trinajstić information content (AvgIpc) is 3.45. The summed E-state index contributed by atoms with van der Waals surface area (Å²) in [6, 6.07) is 11.2. The third-order valence-corrected chi connectivity index (χ3v) is 6.18. The molecule has 1 atom stereocenters. The molecule has 0 N–H and O–H groups in total. The van der Waals surface area contributed by atoms with Gasteiger partial charge in [-0.1, -0.05) is 30.3 Å². The summed E-state index contributed by atoms with van der Waals surface area (Å²) in [6.07, 6.45) is 2.95. The van der Waals surface area contributed by atoms with Crippen LogP contribution in [0.15, 0.2) is 52.2 Å². The molecule has 3 aromatic rings. The van der Waals surface area contributed by atoms with Crippen molar-refractivity contribution >= 4 is 5.91 Å². The predicted molar refractivity (Wildman–Crippen MR) is 108 cm³/mol. The summed E-state index contributed by atoms with van der Waals surface area (Å²) in [5.74, 6) is 0.553. The smallest absolute Gasteiger partial charge is 0.332 e. The van der Waals surface area contributed by atoms with Gasteiger partial charge in [-0.25, -0.2) is 4.68 Å². The van der Waals surface area contributed by atoms with Crippen LogP contribution in [0.5, 0.6) is 0 Å². The lowest BCUT2D eigenvalue weighted by molar-refractivity contribution is 0.0761. The number of hydrogen-bond acceptors (Lipinski definition) is 5. The van der Waals surface area contributed by atoms with E-state index in [4.69, 9.17) is 0 Å². The quantitative estimate of drug-likeness (QED) is 0.582. The number of hydrogen-bond donors (Lipinski definition) is 0. The minimum atomic E-state index is -0.611. The summed E-state index contributed by atoms with van der Waals surface area (Å²) in [5.41, 5.74) is 0.0502. The molecule has 4 heterocycles. The highest BCUT2D eigenvalue weighted by Gasteiger charge is 2.46. The fraction of sp³-hybridized carbons (Fsp3) is 0.381. The van der Waals surface area contributed by atoms with Gasteiger partial charge >= 0.3 is 11.1 Å². The molecule has 0 saturated carbocycles. The van der Waals surface area contributed by atoms with Crippen LogP contribution in [0.4, 0.5) is 0 Å². The minimum absolute atomic E-state index is 0.0632. The van der Waals surface area contributed by atoms with Gasteiger partial charge in [-0.2, -0.15) is 10.2 Å². The topological polar surface area (TPSA) is 95.0 Å². The molecule has 2 aliphatic heterocycles. The van der Waals surface area contributed by atoms with Crippen LogP contribution in [0.1, 0.15) is 28.3 Å². The van der Waals surface area contributed by atoms with Crippen LogP contribution in [0.2, 0.25) is 0 Å². The lowest BCUT2D eigenvalue weighted by atomic mass is 9.86. The van der Waals surface area contributed by atoms with Gasteiger partial charge in [0.1, 0.15) is 11.5 Å². The van der Waals surface area contributed by atoms with E-state index in [9.17, 15) is 14.4 Å². The molecular formula is C21H22N6O3. The number of benzene rings is 1. The third-order valence-electron chi connectivity index (χ3n) is 6.18. The van der Waals surface area contributed by atoms with Crippen LogP contribution in [-0.2, 0) is 26.6 Å². The van der Waals surface area contributed by atoms with Gasteiger partial charge in [0.05, 0.1) is 6.54 Å². The van der Waals surface area contributed by atoms with Crippen LogP contribution >= 0.6 is 0 Å². The van der Waals surface area contributed by atoms with E-state index in [1.165, 1.54) is 9.25 Å². The van der Waals surface area contributed by atoms with Gasteiger partial charge in [0, 0.05) is 44.7 Å². The molecule has 0 unspecified atom stereocenters. The van der Waals surface area contributed by atoms with E-state index in [2.05, 4.69) is 10.2 Å². The number of fused-ring (bicyclic) bond motifs is 1. The molecule has 9 nitrogen and oxygen atoms in total. The molecule has 0 radical (unpaired) electrons. The largest absolute Gasteiger partial charge is 0.337 e. The maximum absolute atomic E-state index is 12.8. The number of carbonyl (C=O) groups excluding carboxylic acids is 1. The Morgan fingerprint density at radius 1 is 1.10 bits per heavy atom. The van der Waals surface area contributed by atoms with Crippen molar-refractivity contribution in [1.82, 2.24) is 29.0 Å². The van der Waals surface area contributed by atoms with Crippen molar-refractivity contribution in [2.75, 3.05) is 13.1 Å². The zero-order valence-electron chi connectivity index (χ0n) is 16.7. The van der Waals surface area contributed by atoms with Crippen LogP contribution < -0.4 is 11.1 Å². The van der Waals surface area contributed by atoms with Crippen molar-refractivity contribution < 1.29 is 4.79 Å². The molecule has 154 valence electrons. The molecule has 1 aromatic carbocycles. The van der Waals surface area contributed by atoms with E-state index in [1.807, 2.05) is 35.2 Å². The van der Waals surface area contributed by atoms with E-state index in [1.54, 1.807) is 24.0 Å². The molecule has 0 aliphatic carbocycles. The molecular weight excluding hydrogens is 384 g/mol. The Morgan fingerprint density at radius 2 is 1.90 bits per heavy atom. The summed E-state index contributed by atoms with van der Waals surface area (Å²) in [5, 5.41) is 8.58. The first-order chi connectivity index (χ1) is 14.5. The Balaban J connectivity index is 1.40. The molecule has 0 bridgehead atoms.